The van der Waals surface area contributed by atoms with Crippen molar-refractivity contribution in [1.29, 1.82) is 0 Å². The minimum atomic E-state index is -4.38. The predicted molar refractivity (Wildman–Crippen MR) is 113 cm³/mol. The van der Waals surface area contributed by atoms with Crippen molar-refractivity contribution in [3.8, 4) is 11.5 Å². The lowest BCUT2D eigenvalue weighted by atomic mass is 9.87. The number of hydrogen-bond donors (Lipinski definition) is 0. The first-order chi connectivity index (χ1) is 15.0. The van der Waals surface area contributed by atoms with Gasteiger partial charge >= 0.3 is 6.18 Å². The Balaban J connectivity index is 1.43. The van der Waals surface area contributed by atoms with Gasteiger partial charge in [0.05, 0.1) is 5.56 Å². The van der Waals surface area contributed by atoms with Gasteiger partial charge in [0, 0.05) is 31.0 Å². The zero-order valence-corrected chi connectivity index (χ0v) is 18.1. The van der Waals surface area contributed by atoms with Crippen LogP contribution in [0.3, 0.4) is 0 Å². The highest BCUT2D eigenvalue weighted by Gasteiger charge is 2.34. The second kappa shape index (κ2) is 8.07. The van der Waals surface area contributed by atoms with E-state index in [0.29, 0.717) is 23.8 Å². The second-order valence-corrected chi connectivity index (χ2v) is 9.16. The number of rotatable bonds is 4. The van der Waals surface area contributed by atoms with Crippen LogP contribution in [0.2, 0.25) is 0 Å². The number of alkyl halides is 3. The van der Waals surface area contributed by atoms with Crippen molar-refractivity contribution in [2.75, 3.05) is 6.54 Å². The summed E-state index contributed by atoms with van der Waals surface area (Å²) in [7, 11) is 0. The molecule has 1 fully saturated rings. The molecule has 1 aromatic heterocycles. The number of benzene rings is 2. The first kappa shape index (κ1) is 22.0. The van der Waals surface area contributed by atoms with Crippen LogP contribution in [0.1, 0.15) is 55.6 Å². The number of hydrogen-bond acceptors (Lipinski definition) is 4. The van der Waals surface area contributed by atoms with Gasteiger partial charge < -0.3 is 9.42 Å². The number of likely N-dealkylation sites (tertiary alicyclic amines) is 1. The minimum Gasteiger partial charge on any atom is -0.338 e. The molecule has 0 saturated carbocycles. The van der Waals surface area contributed by atoms with E-state index in [1.807, 2.05) is 24.3 Å². The number of aromatic nitrogens is 2. The second-order valence-electron chi connectivity index (χ2n) is 9.16. The van der Waals surface area contributed by atoms with Crippen molar-refractivity contribution in [2.45, 2.75) is 51.2 Å². The summed E-state index contributed by atoms with van der Waals surface area (Å²) in [6, 6.07) is 12.8. The smallest absolute Gasteiger partial charge is 0.338 e. The molecule has 0 bridgehead atoms. The summed E-state index contributed by atoms with van der Waals surface area (Å²) in [5, 5.41) is 4.07. The Bertz CT molecular complexity index is 1100. The molecule has 168 valence electrons. The van der Waals surface area contributed by atoms with Crippen molar-refractivity contribution < 1.29 is 22.5 Å². The molecule has 1 atom stereocenters. The molecule has 1 amide bonds. The third-order valence-electron chi connectivity index (χ3n) is 5.67. The van der Waals surface area contributed by atoms with Crippen LogP contribution >= 0.6 is 0 Å². The van der Waals surface area contributed by atoms with Crippen molar-refractivity contribution in [3.05, 3.63) is 71.0 Å². The fourth-order valence-electron chi connectivity index (χ4n) is 3.75. The summed E-state index contributed by atoms with van der Waals surface area (Å²) >= 11 is 0. The summed E-state index contributed by atoms with van der Waals surface area (Å²) in [5.74, 6) is 0.552. The van der Waals surface area contributed by atoms with Gasteiger partial charge in [-0.25, -0.2) is 0 Å². The normalized spacial score (nSPS) is 17.2. The Morgan fingerprint density at radius 3 is 2.22 bits per heavy atom. The molecule has 3 aromatic rings. The highest BCUT2D eigenvalue weighted by atomic mass is 19.4. The lowest BCUT2D eigenvalue weighted by molar-refractivity contribution is -0.137. The Hall–Kier alpha value is -3.16. The van der Waals surface area contributed by atoms with Gasteiger partial charge in [0.15, 0.2) is 5.82 Å². The zero-order chi connectivity index (χ0) is 23.1. The van der Waals surface area contributed by atoms with Gasteiger partial charge in [-0.1, -0.05) is 50.2 Å². The van der Waals surface area contributed by atoms with E-state index >= 15 is 0 Å². The van der Waals surface area contributed by atoms with Gasteiger partial charge in [-0.3, -0.25) is 4.79 Å². The van der Waals surface area contributed by atoms with E-state index in [2.05, 4.69) is 30.9 Å². The standard InChI is InChI=1S/C24H24F3N3O2/c1-23(2,3)18-10-6-16(7-11-18)22-28-21(29-32-22)17-12-20(31)30(14-17)13-15-4-8-19(9-5-15)24(25,26)27/h4-11,17H,12-14H2,1-3H3. The van der Waals surface area contributed by atoms with E-state index in [4.69, 9.17) is 4.52 Å². The first-order valence-electron chi connectivity index (χ1n) is 10.4. The van der Waals surface area contributed by atoms with Crippen LogP contribution in [0.25, 0.3) is 11.5 Å². The number of halogens is 3. The molecular weight excluding hydrogens is 419 g/mol. The Labute approximate surface area is 184 Å². The minimum absolute atomic E-state index is 0.0409. The number of carbonyl (C=O) groups excluding carboxylic acids is 1. The molecule has 5 nitrogen and oxygen atoms in total. The number of amides is 1. The van der Waals surface area contributed by atoms with Gasteiger partial charge in [-0.2, -0.15) is 18.2 Å². The largest absolute Gasteiger partial charge is 0.416 e. The number of carbonyl (C=O) groups is 1. The highest BCUT2D eigenvalue weighted by molar-refractivity contribution is 5.79. The van der Waals surface area contributed by atoms with Gasteiger partial charge in [0.1, 0.15) is 0 Å². The quantitative estimate of drug-likeness (QED) is 0.529. The fourth-order valence-corrected chi connectivity index (χ4v) is 3.75. The van der Waals surface area contributed by atoms with Crippen LogP contribution in [0.15, 0.2) is 53.1 Å². The van der Waals surface area contributed by atoms with Crippen molar-refractivity contribution in [2.24, 2.45) is 0 Å². The Morgan fingerprint density at radius 2 is 1.62 bits per heavy atom. The van der Waals surface area contributed by atoms with Crippen molar-refractivity contribution in [3.63, 3.8) is 0 Å². The maximum atomic E-state index is 12.7. The molecule has 1 aliphatic rings. The third-order valence-corrected chi connectivity index (χ3v) is 5.67. The molecule has 1 saturated heterocycles. The molecule has 0 spiro atoms. The molecule has 4 rings (SSSR count). The predicted octanol–water partition coefficient (Wildman–Crippen LogP) is 5.57. The summed E-state index contributed by atoms with van der Waals surface area (Å²) in [4.78, 5) is 18.6. The molecule has 8 heteroatoms. The Kier molecular flexibility index (Phi) is 5.56. The monoisotopic (exact) mass is 443 g/mol. The van der Waals surface area contributed by atoms with Crippen molar-refractivity contribution >= 4 is 5.91 Å². The molecular formula is C24H24F3N3O2. The van der Waals surface area contributed by atoms with Gasteiger partial charge in [0.25, 0.3) is 5.89 Å². The lowest BCUT2D eigenvalue weighted by Crippen LogP contribution is -2.24. The molecule has 2 aromatic carbocycles. The maximum Gasteiger partial charge on any atom is 0.416 e. The lowest BCUT2D eigenvalue weighted by Gasteiger charge is -2.18. The molecule has 0 aliphatic carbocycles. The topological polar surface area (TPSA) is 59.2 Å². The van der Waals surface area contributed by atoms with Crippen LogP contribution < -0.4 is 0 Å². The average molecular weight is 443 g/mol. The summed E-state index contributed by atoms with van der Waals surface area (Å²) in [6.45, 7) is 7.05. The molecule has 1 aliphatic heterocycles. The van der Waals surface area contributed by atoms with Gasteiger partial charge in [0.2, 0.25) is 5.91 Å². The first-order valence-corrected chi connectivity index (χ1v) is 10.4. The van der Waals surface area contributed by atoms with Gasteiger partial charge in [-0.15, -0.1) is 0 Å². The molecule has 0 N–H and O–H groups in total. The van der Waals surface area contributed by atoms with Crippen LogP contribution in [0.5, 0.6) is 0 Å². The van der Waals surface area contributed by atoms with Crippen LogP contribution in [-0.2, 0) is 22.9 Å². The summed E-state index contributed by atoms with van der Waals surface area (Å²) in [5.41, 5.74) is 1.98. The van der Waals surface area contributed by atoms with E-state index < -0.39 is 11.7 Å². The molecule has 32 heavy (non-hydrogen) atoms. The molecule has 0 radical (unpaired) electrons. The zero-order valence-electron chi connectivity index (χ0n) is 18.1. The fraction of sp³-hybridized carbons (Fsp3) is 0.375. The Morgan fingerprint density at radius 1 is 1.00 bits per heavy atom. The third kappa shape index (κ3) is 4.69. The van der Waals surface area contributed by atoms with E-state index in [-0.39, 0.29) is 30.2 Å². The van der Waals surface area contributed by atoms with E-state index in [0.717, 1.165) is 17.7 Å². The maximum absolute atomic E-state index is 12.7. The number of nitrogens with zero attached hydrogens (tertiary/aromatic N) is 3. The van der Waals surface area contributed by atoms with E-state index in [1.54, 1.807) is 4.90 Å². The molecule has 2 heterocycles. The van der Waals surface area contributed by atoms with E-state index in [9.17, 15) is 18.0 Å². The van der Waals surface area contributed by atoms with Gasteiger partial charge in [-0.05, 0) is 40.8 Å². The highest BCUT2D eigenvalue weighted by Crippen LogP contribution is 2.32. The van der Waals surface area contributed by atoms with Crippen LogP contribution in [-0.4, -0.2) is 27.5 Å². The summed E-state index contributed by atoms with van der Waals surface area (Å²) in [6.07, 6.45) is -4.14. The van der Waals surface area contributed by atoms with Crippen LogP contribution in [0, 0.1) is 0 Å². The van der Waals surface area contributed by atoms with E-state index in [1.165, 1.54) is 17.7 Å². The molecule has 1 unspecified atom stereocenters. The summed E-state index contributed by atoms with van der Waals surface area (Å²) < 4.78 is 43.6. The SMILES string of the molecule is CC(C)(C)c1ccc(-c2nc(C3CC(=O)N(Cc4ccc(C(F)(F)F)cc4)C3)no2)cc1. The average Bonchev–Trinajstić information content (AvgIpc) is 3.35. The van der Waals surface area contributed by atoms with Crippen LogP contribution in [0.4, 0.5) is 13.2 Å². The van der Waals surface area contributed by atoms with Crippen molar-refractivity contribution in [1.82, 2.24) is 15.0 Å².